The highest BCUT2D eigenvalue weighted by atomic mass is 16.5. The first-order valence-electron chi connectivity index (χ1n) is 12.2. The van der Waals surface area contributed by atoms with E-state index in [1.165, 1.54) is 11.6 Å². The molecule has 200 valence electrons. The van der Waals surface area contributed by atoms with Gasteiger partial charge in [0.1, 0.15) is 19.0 Å². The fraction of sp³-hybridized carbons (Fsp3) is 0.520. The van der Waals surface area contributed by atoms with Crippen molar-refractivity contribution in [1.29, 1.82) is 0 Å². The van der Waals surface area contributed by atoms with E-state index in [4.69, 9.17) is 19.2 Å². The zero-order valence-electron chi connectivity index (χ0n) is 22.2. The van der Waals surface area contributed by atoms with Gasteiger partial charge in [-0.25, -0.2) is 9.36 Å². The molecule has 0 aliphatic carbocycles. The summed E-state index contributed by atoms with van der Waals surface area (Å²) in [5.41, 5.74) is -0.604. The SMILES string of the molecule is CCOC(=O)Cn1c(=O)c2c(nc(N3CCN(COC(C)(C)C)C3)n2-c2ccccc2OC)n(C)c1=O. The summed E-state index contributed by atoms with van der Waals surface area (Å²) in [7, 11) is 3.08. The molecule has 12 nitrogen and oxygen atoms in total. The predicted molar refractivity (Wildman–Crippen MR) is 138 cm³/mol. The first-order valence-corrected chi connectivity index (χ1v) is 12.2. The number of methoxy groups -OCH3 is 1. The van der Waals surface area contributed by atoms with Crippen molar-refractivity contribution in [1.82, 2.24) is 23.6 Å². The minimum atomic E-state index is -0.668. The Bertz CT molecular complexity index is 1420. The van der Waals surface area contributed by atoms with Crippen molar-refractivity contribution in [3.8, 4) is 11.4 Å². The summed E-state index contributed by atoms with van der Waals surface area (Å²) in [6, 6.07) is 7.27. The molecule has 37 heavy (non-hydrogen) atoms. The molecule has 1 aromatic carbocycles. The third-order valence-corrected chi connectivity index (χ3v) is 6.06. The Morgan fingerprint density at radius 1 is 1.14 bits per heavy atom. The predicted octanol–water partition coefficient (Wildman–Crippen LogP) is 1.31. The number of nitrogens with zero attached hydrogens (tertiary/aromatic N) is 6. The number of aromatic nitrogens is 4. The van der Waals surface area contributed by atoms with Crippen LogP contribution in [0.5, 0.6) is 5.75 Å². The average molecular weight is 515 g/mol. The molecule has 0 spiro atoms. The van der Waals surface area contributed by atoms with E-state index < -0.39 is 23.8 Å². The molecule has 0 bridgehead atoms. The summed E-state index contributed by atoms with van der Waals surface area (Å²) in [5, 5.41) is 0. The lowest BCUT2D eigenvalue weighted by molar-refractivity contribution is -0.143. The van der Waals surface area contributed by atoms with Crippen LogP contribution in [0.15, 0.2) is 33.9 Å². The molecule has 0 amide bonds. The fourth-order valence-corrected chi connectivity index (χ4v) is 4.24. The van der Waals surface area contributed by atoms with Gasteiger partial charge in [-0.05, 0) is 39.8 Å². The summed E-state index contributed by atoms with van der Waals surface area (Å²) < 4.78 is 20.4. The summed E-state index contributed by atoms with van der Waals surface area (Å²) in [5.74, 6) is 0.345. The molecular formula is C25H34N6O6. The van der Waals surface area contributed by atoms with Gasteiger partial charge in [0.25, 0.3) is 5.56 Å². The van der Waals surface area contributed by atoms with Gasteiger partial charge in [0.05, 0.1) is 31.7 Å². The van der Waals surface area contributed by atoms with E-state index in [2.05, 4.69) is 4.90 Å². The molecule has 1 aliphatic rings. The number of rotatable bonds is 8. The van der Waals surface area contributed by atoms with Crippen molar-refractivity contribution >= 4 is 23.1 Å². The topological polar surface area (TPSA) is 113 Å². The van der Waals surface area contributed by atoms with Crippen LogP contribution in [0, 0.1) is 0 Å². The molecule has 0 radical (unpaired) electrons. The van der Waals surface area contributed by atoms with E-state index in [-0.39, 0.29) is 23.4 Å². The maximum Gasteiger partial charge on any atom is 0.333 e. The molecule has 4 rings (SSSR count). The maximum absolute atomic E-state index is 13.7. The minimum absolute atomic E-state index is 0.143. The van der Waals surface area contributed by atoms with Crippen LogP contribution in [-0.2, 0) is 27.9 Å². The third kappa shape index (κ3) is 5.25. The number of benzene rings is 1. The van der Waals surface area contributed by atoms with Gasteiger partial charge in [0.15, 0.2) is 11.2 Å². The van der Waals surface area contributed by atoms with E-state index in [9.17, 15) is 14.4 Å². The number of hydrogen-bond donors (Lipinski definition) is 0. The van der Waals surface area contributed by atoms with Crippen LogP contribution in [0.25, 0.3) is 16.9 Å². The van der Waals surface area contributed by atoms with Crippen molar-refractivity contribution in [2.75, 3.05) is 45.1 Å². The van der Waals surface area contributed by atoms with E-state index in [1.54, 1.807) is 24.7 Å². The Balaban J connectivity index is 1.90. The highest BCUT2D eigenvalue weighted by molar-refractivity contribution is 5.79. The number of hydrogen-bond acceptors (Lipinski definition) is 9. The number of ether oxygens (including phenoxy) is 3. The summed E-state index contributed by atoms with van der Waals surface area (Å²) >= 11 is 0. The lowest BCUT2D eigenvalue weighted by Crippen LogP contribution is -2.41. The van der Waals surface area contributed by atoms with E-state index in [0.29, 0.717) is 37.3 Å². The number of anilines is 1. The zero-order valence-corrected chi connectivity index (χ0v) is 22.2. The second kappa shape index (κ2) is 10.4. The van der Waals surface area contributed by atoms with Gasteiger partial charge < -0.3 is 19.1 Å². The lowest BCUT2D eigenvalue weighted by Gasteiger charge is -2.25. The molecule has 12 heteroatoms. The van der Waals surface area contributed by atoms with E-state index in [0.717, 1.165) is 11.1 Å². The van der Waals surface area contributed by atoms with Crippen molar-refractivity contribution < 1.29 is 19.0 Å². The standard InChI is InChI=1S/C25H34N6O6/c1-7-36-19(32)14-30-22(33)20-21(27(5)24(30)34)26-23(31(20)17-10-8-9-11-18(17)35-6)29-13-12-28(15-29)16-37-25(2,3)4/h8-11H,7,12-16H2,1-6H3. The number of imidazole rings is 1. The number of para-hydroxylation sites is 2. The maximum atomic E-state index is 13.7. The van der Waals surface area contributed by atoms with Gasteiger partial charge in [0.2, 0.25) is 5.95 Å². The normalized spacial score (nSPS) is 14.5. The molecule has 0 saturated carbocycles. The van der Waals surface area contributed by atoms with Crippen molar-refractivity contribution in [3.05, 3.63) is 45.1 Å². The van der Waals surface area contributed by atoms with Crippen molar-refractivity contribution in [3.63, 3.8) is 0 Å². The molecule has 0 atom stereocenters. The van der Waals surface area contributed by atoms with E-state index in [1.807, 2.05) is 43.9 Å². The molecule has 1 saturated heterocycles. The molecule has 0 unspecified atom stereocenters. The Kier molecular flexibility index (Phi) is 7.42. The molecule has 1 fully saturated rings. The first kappa shape index (κ1) is 26.4. The summed E-state index contributed by atoms with van der Waals surface area (Å²) in [6.45, 7) is 9.65. The second-order valence-corrected chi connectivity index (χ2v) is 9.81. The van der Waals surface area contributed by atoms with Crippen molar-refractivity contribution in [2.24, 2.45) is 7.05 Å². The van der Waals surface area contributed by atoms with Crippen LogP contribution < -0.4 is 20.9 Å². The van der Waals surface area contributed by atoms with E-state index >= 15 is 0 Å². The Morgan fingerprint density at radius 2 is 1.86 bits per heavy atom. The quantitative estimate of drug-likeness (QED) is 0.411. The monoisotopic (exact) mass is 514 g/mol. The largest absolute Gasteiger partial charge is 0.495 e. The van der Waals surface area contributed by atoms with Gasteiger partial charge in [-0.1, -0.05) is 12.1 Å². The first-order chi connectivity index (χ1) is 17.6. The number of fused-ring (bicyclic) bond motifs is 1. The molecular weight excluding hydrogens is 480 g/mol. The molecule has 1 aliphatic heterocycles. The van der Waals surface area contributed by atoms with Gasteiger partial charge in [0, 0.05) is 20.1 Å². The average Bonchev–Trinajstić information content (AvgIpc) is 3.49. The fourth-order valence-electron chi connectivity index (χ4n) is 4.24. The van der Waals surface area contributed by atoms with Gasteiger partial charge in [-0.2, -0.15) is 4.98 Å². The van der Waals surface area contributed by atoms with Crippen LogP contribution in [0.1, 0.15) is 27.7 Å². The zero-order chi connectivity index (χ0) is 26.9. The highest BCUT2D eigenvalue weighted by Crippen LogP contribution is 2.31. The van der Waals surface area contributed by atoms with Gasteiger partial charge >= 0.3 is 11.7 Å². The Hall–Kier alpha value is -3.64. The lowest BCUT2D eigenvalue weighted by atomic mass is 10.2. The second-order valence-electron chi connectivity index (χ2n) is 9.81. The van der Waals surface area contributed by atoms with Crippen LogP contribution in [0.2, 0.25) is 0 Å². The number of esters is 1. The molecule has 0 N–H and O–H groups in total. The smallest absolute Gasteiger partial charge is 0.333 e. The summed E-state index contributed by atoms with van der Waals surface area (Å²) in [4.78, 5) is 47.9. The molecule has 3 heterocycles. The van der Waals surface area contributed by atoms with Crippen molar-refractivity contribution in [2.45, 2.75) is 39.8 Å². The van der Waals surface area contributed by atoms with Crippen LogP contribution in [0.3, 0.4) is 0 Å². The minimum Gasteiger partial charge on any atom is -0.495 e. The third-order valence-electron chi connectivity index (χ3n) is 6.06. The van der Waals surface area contributed by atoms with Crippen LogP contribution in [-0.4, -0.2) is 75.4 Å². The highest BCUT2D eigenvalue weighted by Gasteiger charge is 2.30. The van der Waals surface area contributed by atoms with Crippen LogP contribution >= 0.6 is 0 Å². The number of carbonyl (C=O) groups is 1. The number of carbonyl (C=O) groups excluding carboxylic acids is 1. The van der Waals surface area contributed by atoms with Gasteiger partial charge in [-0.15, -0.1) is 0 Å². The molecule has 3 aromatic rings. The van der Waals surface area contributed by atoms with Crippen LogP contribution in [0.4, 0.5) is 5.95 Å². The van der Waals surface area contributed by atoms with Gasteiger partial charge in [-0.3, -0.25) is 23.6 Å². The summed E-state index contributed by atoms with van der Waals surface area (Å²) in [6.07, 6.45) is 0. The number of aryl methyl sites for hydroxylation is 1. The Morgan fingerprint density at radius 3 is 2.54 bits per heavy atom. The molecule has 2 aromatic heterocycles. The Labute approximate surface area is 214 Å².